The van der Waals surface area contributed by atoms with Crippen molar-refractivity contribution in [3.63, 3.8) is 0 Å². The Morgan fingerprint density at radius 1 is 1.38 bits per heavy atom. The lowest BCUT2D eigenvalue weighted by Gasteiger charge is -2.17. The fourth-order valence-corrected chi connectivity index (χ4v) is 3.04. The van der Waals surface area contributed by atoms with Crippen LogP contribution in [0.2, 0.25) is 0 Å². The highest BCUT2D eigenvalue weighted by Gasteiger charge is 2.19. The van der Waals surface area contributed by atoms with E-state index in [-0.39, 0.29) is 10.7 Å². The maximum atomic E-state index is 11.7. The molecule has 0 aliphatic carbocycles. The lowest BCUT2D eigenvalue weighted by molar-refractivity contribution is 0.551. The Balaban J connectivity index is 4.36. The Kier molecular flexibility index (Phi) is 7.10. The molecule has 1 unspecified atom stereocenters. The molecular weight excluding hydrogens is 244 g/mol. The zero-order valence-corrected chi connectivity index (χ0v) is 11.8. The van der Waals surface area contributed by atoms with Crippen LogP contribution in [0.15, 0.2) is 0 Å². The summed E-state index contributed by atoms with van der Waals surface area (Å²) in [6.45, 7) is 5.95. The number of nitrogens with two attached hydrogens (primary N) is 1. The first-order valence-electron chi connectivity index (χ1n) is 5.57. The van der Waals surface area contributed by atoms with Gasteiger partial charge in [0, 0.05) is 0 Å². The molecule has 0 bridgehead atoms. The monoisotopic (exact) mass is 266 g/mol. The molecule has 0 saturated heterocycles. The van der Waals surface area contributed by atoms with Gasteiger partial charge >= 0.3 is 0 Å². The van der Waals surface area contributed by atoms with Crippen LogP contribution in [0.25, 0.3) is 0 Å². The standard InChI is InChI=1S/C10H22N2O2S2/c1-4-5-9(10(11)15)12-16(13,14)7-6-8(2)3/h8-9,12H,4-7H2,1-3H3,(H2,11,15). The van der Waals surface area contributed by atoms with Crippen molar-refractivity contribution in [3.05, 3.63) is 0 Å². The van der Waals surface area contributed by atoms with Crippen molar-refractivity contribution in [2.45, 2.75) is 46.1 Å². The highest BCUT2D eigenvalue weighted by Crippen LogP contribution is 2.05. The molecule has 4 nitrogen and oxygen atoms in total. The summed E-state index contributed by atoms with van der Waals surface area (Å²) in [5.74, 6) is 0.499. The third kappa shape index (κ3) is 7.14. The van der Waals surface area contributed by atoms with Crippen LogP contribution in [0.1, 0.15) is 40.0 Å². The molecule has 0 fully saturated rings. The lowest BCUT2D eigenvalue weighted by atomic mass is 10.2. The summed E-state index contributed by atoms with van der Waals surface area (Å²) in [4.78, 5) is 0.218. The van der Waals surface area contributed by atoms with E-state index in [0.29, 0.717) is 18.8 Å². The molecule has 0 aliphatic rings. The Morgan fingerprint density at radius 3 is 2.31 bits per heavy atom. The first kappa shape index (κ1) is 15.8. The van der Waals surface area contributed by atoms with Crippen LogP contribution in [0, 0.1) is 5.92 Å². The Hall–Kier alpha value is -0.200. The first-order valence-corrected chi connectivity index (χ1v) is 7.64. The van der Waals surface area contributed by atoms with Gasteiger partial charge in [0.05, 0.1) is 16.8 Å². The molecule has 0 saturated carbocycles. The Labute approximate surface area is 104 Å². The molecule has 96 valence electrons. The van der Waals surface area contributed by atoms with Crippen LogP contribution in [-0.4, -0.2) is 25.2 Å². The minimum atomic E-state index is -3.26. The van der Waals surface area contributed by atoms with E-state index < -0.39 is 16.1 Å². The summed E-state index contributed by atoms with van der Waals surface area (Å²) >= 11 is 4.84. The minimum absolute atomic E-state index is 0.132. The van der Waals surface area contributed by atoms with E-state index >= 15 is 0 Å². The molecule has 0 aromatic carbocycles. The molecule has 6 heteroatoms. The normalized spacial score (nSPS) is 14.0. The molecule has 16 heavy (non-hydrogen) atoms. The molecule has 0 rings (SSSR count). The van der Waals surface area contributed by atoms with Gasteiger partial charge in [-0.15, -0.1) is 0 Å². The van der Waals surface area contributed by atoms with Crippen LogP contribution in [0.5, 0.6) is 0 Å². The van der Waals surface area contributed by atoms with E-state index in [2.05, 4.69) is 4.72 Å². The largest absolute Gasteiger partial charge is 0.392 e. The molecule has 0 spiro atoms. The van der Waals surface area contributed by atoms with Gasteiger partial charge in [-0.1, -0.05) is 39.4 Å². The smallest absolute Gasteiger partial charge is 0.212 e. The maximum Gasteiger partial charge on any atom is 0.212 e. The van der Waals surface area contributed by atoms with Gasteiger partial charge in [0.2, 0.25) is 10.0 Å². The van der Waals surface area contributed by atoms with Crippen molar-refractivity contribution in [2.24, 2.45) is 11.7 Å². The fraction of sp³-hybridized carbons (Fsp3) is 0.900. The third-order valence-corrected chi connectivity index (χ3v) is 3.91. The Morgan fingerprint density at radius 2 is 1.94 bits per heavy atom. The van der Waals surface area contributed by atoms with Gasteiger partial charge in [-0.3, -0.25) is 0 Å². The molecule has 0 aromatic rings. The molecule has 0 amide bonds. The summed E-state index contributed by atoms with van der Waals surface area (Å²) < 4.78 is 26.0. The van der Waals surface area contributed by atoms with E-state index in [1.54, 1.807) is 0 Å². The summed E-state index contributed by atoms with van der Waals surface area (Å²) in [7, 11) is -3.26. The number of sulfonamides is 1. The van der Waals surface area contributed by atoms with Gasteiger partial charge in [0.1, 0.15) is 0 Å². The van der Waals surface area contributed by atoms with Gasteiger partial charge in [0.15, 0.2) is 0 Å². The highest BCUT2D eigenvalue weighted by atomic mass is 32.2. The van der Waals surface area contributed by atoms with Crippen molar-refractivity contribution in [3.8, 4) is 0 Å². The van der Waals surface area contributed by atoms with Gasteiger partial charge in [-0.05, 0) is 18.8 Å². The van der Waals surface area contributed by atoms with Crippen molar-refractivity contribution in [1.82, 2.24) is 4.72 Å². The maximum absolute atomic E-state index is 11.7. The number of nitrogens with one attached hydrogen (secondary N) is 1. The summed E-state index contributed by atoms with van der Waals surface area (Å²) in [5, 5.41) is 0. The first-order chi connectivity index (χ1) is 7.28. The van der Waals surface area contributed by atoms with Crippen LogP contribution in [0.3, 0.4) is 0 Å². The number of rotatable bonds is 8. The summed E-state index contributed by atoms with van der Waals surface area (Å²) in [6.07, 6.45) is 2.14. The van der Waals surface area contributed by atoms with E-state index in [0.717, 1.165) is 6.42 Å². The second-order valence-electron chi connectivity index (χ2n) is 4.36. The average molecular weight is 266 g/mol. The van der Waals surface area contributed by atoms with Crippen LogP contribution in [0.4, 0.5) is 0 Å². The summed E-state index contributed by atoms with van der Waals surface area (Å²) in [5.41, 5.74) is 5.49. The van der Waals surface area contributed by atoms with Gasteiger partial charge in [0.25, 0.3) is 0 Å². The summed E-state index contributed by atoms with van der Waals surface area (Å²) in [6, 6.07) is -0.405. The SMILES string of the molecule is CCCC(NS(=O)(=O)CCC(C)C)C(N)=S. The van der Waals surface area contributed by atoms with Gasteiger partial charge in [-0.2, -0.15) is 0 Å². The van der Waals surface area contributed by atoms with Crippen molar-refractivity contribution >= 4 is 27.2 Å². The number of hydrogen-bond acceptors (Lipinski definition) is 3. The quantitative estimate of drug-likeness (QED) is 0.652. The lowest BCUT2D eigenvalue weighted by Crippen LogP contribution is -2.44. The molecular formula is C10H22N2O2S2. The van der Waals surface area contributed by atoms with Crippen molar-refractivity contribution < 1.29 is 8.42 Å². The Bertz CT molecular complexity index is 313. The number of thiocarbonyl (C=S) groups is 1. The zero-order chi connectivity index (χ0) is 12.8. The van der Waals surface area contributed by atoms with Crippen molar-refractivity contribution in [1.29, 1.82) is 0 Å². The predicted molar refractivity (Wildman–Crippen MR) is 71.9 cm³/mol. The van der Waals surface area contributed by atoms with E-state index in [1.165, 1.54) is 0 Å². The topological polar surface area (TPSA) is 72.2 Å². The molecule has 0 radical (unpaired) electrons. The van der Waals surface area contributed by atoms with Crippen LogP contribution >= 0.6 is 12.2 Å². The van der Waals surface area contributed by atoms with E-state index in [1.807, 2.05) is 20.8 Å². The second kappa shape index (κ2) is 7.19. The fourth-order valence-electron chi connectivity index (χ4n) is 1.21. The van der Waals surface area contributed by atoms with Crippen LogP contribution < -0.4 is 10.5 Å². The van der Waals surface area contributed by atoms with Crippen molar-refractivity contribution in [2.75, 3.05) is 5.75 Å². The molecule has 0 aliphatic heterocycles. The second-order valence-corrected chi connectivity index (χ2v) is 6.71. The van der Waals surface area contributed by atoms with Gasteiger partial charge in [-0.25, -0.2) is 13.1 Å². The molecule has 0 aromatic heterocycles. The van der Waals surface area contributed by atoms with Crippen LogP contribution in [-0.2, 0) is 10.0 Å². The van der Waals surface area contributed by atoms with E-state index in [9.17, 15) is 8.42 Å². The predicted octanol–water partition coefficient (Wildman–Crippen LogP) is 1.41. The third-order valence-electron chi connectivity index (χ3n) is 2.21. The molecule has 1 atom stereocenters. The highest BCUT2D eigenvalue weighted by molar-refractivity contribution is 7.89. The number of hydrogen-bond donors (Lipinski definition) is 2. The molecule has 0 heterocycles. The molecule has 3 N–H and O–H groups in total. The minimum Gasteiger partial charge on any atom is -0.392 e. The van der Waals surface area contributed by atoms with Gasteiger partial charge < -0.3 is 5.73 Å². The average Bonchev–Trinajstić information content (AvgIpc) is 2.14. The van der Waals surface area contributed by atoms with E-state index in [4.69, 9.17) is 18.0 Å². The zero-order valence-electron chi connectivity index (χ0n) is 10.2.